The van der Waals surface area contributed by atoms with Gasteiger partial charge in [-0.25, -0.2) is 0 Å². The van der Waals surface area contributed by atoms with Crippen molar-refractivity contribution in [1.82, 2.24) is 19.8 Å². The summed E-state index contributed by atoms with van der Waals surface area (Å²) in [5, 5.41) is 7.24. The molecule has 0 aliphatic carbocycles. The maximum absolute atomic E-state index is 12.4. The second kappa shape index (κ2) is 6.24. The van der Waals surface area contributed by atoms with E-state index in [0.717, 1.165) is 49.5 Å². The van der Waals surface area contributed by atoms with Gasteiger partial charge in [-0.1, -0.05) is 17.8 Å². The number of aromatic nitrogens is 2. The molecule has 5 nitrogen and oxygen atoms in total. The number of carbonyl (C=O) groups is 1. The van der Waals surface area contributed by atoms with Crippen LogP contribution in [-0.4, -0.2) is 47.1 Å². The first-order valence-corrected chi connectivity index (χ1v) is 7.28. The van der Waals surface area contributed by atoms with Crippen LogP contribution in [0, 0.1) is 5.92 Å². The zero-order chi connectivity index (χ0) is 13.0. The van der Waals surface area contributed by atoms with Gasteiger partial charge >= 0.3 is 0 Å². The van der Waals surface area contributed by atoms with E-state index in [1.165, 1.54) is 11.5 Å². The van der Waals surface area contributed by atoms with Crippen LogP contribution in [0.5, 0.6) is 0 Å². The summed E-state index contributed by atoms with van der Waals surface area (Å²) in [7, 11) is 1.96. The van der Waals surface area contributed by atoms with Crippen LogP contribution in [0.3, 0.4) is 0 Å². The molecular formula is C12H20N4OS. The van der Waals surface area contributed by atoms with Crippen LogP contribution in [0.2, 0.25) is 0 Å². The molecule has 1 aliphatic rings. The highest BCUT2D eigenvalue weighted by Gasteiger charge is 2.29. The summed E-state index contributed by atoms with van der Waals surface area (Å²) in [6.45, 7) is 4.77. The summed E-state index contributed by atoms with van der Waals surface area (Å²) in [5.74, 6) is 0.696. The topological polar surface area (TPSA) is 58.1 Å². The van der Waals surface area contributed by atoms with Crippen molar-refractivity contribution in [2.45, 2.75) is 26.2 Å². The Balaban J connectivity index is 2.01. The van der Waals surface area contributed by atoms with E-state index in [2.05, 4.69) is 21.8 Å². The van der Waals surface area contributed by atoms with Crippen LogP contribution >= 0.6 is 11.5 Å². The number of carbonyl (C=O) groups excluding carboxylic acids is 1. The van der Waals surface area contributed by atoms with Crippen molar-refractivity contribution in [2.24, 2.45) is 5.92 Å². The molecule has 1 N–H and O–H groups in total. The highest BCUT2D eigenvalue weighted by molar-refractivity contribution is 7.08. The van der Waals surface area contributed by atoms with Crippen molar-refractivity contribution >= 4 is 17.4 Å². The third kappa shape index (κ3) is 2.87. The Morgan fingerprint density at radius 2 is 2.44 bits per heavy atom. The van der Waals surface area contributed by atoms with Gasteiger partial charge in [-0.05, 0) is 43.9 Å². The minimum atomic E-state index is 0.118. The van der Waals surface area contributed by atoms with Gasteiger partial charge in [0.15, 0.2) is 0 Å². The minimum Gasteiger partial charge on any atom is -0.338 e. The SMILES string of the molecule is CCCc1nnsc1C(=O)N1CCC(CNC)C1. The molecule has 1 aromatic rings. The van der Waals surface area contributed by atoms with Crippen LogP contribution in [0.15, 0.2) is 0 Å². The minimum absolute atomic E-state index is 0.118. The summed E-state index contributed by atoms with van der Waals surface area (Å²) < 4.78 is 3.92. The maximum atomic E-state index is 12.4. The molecule has 0 spiro atoms. The Kier molecular flexibility index (Phi) is 4.66. The lowest BCUT2D eigenvalue weighted by Crippen LogP contribution is -2.30. The zero-order valence-electron chi connectivity index (χ0n) is 11.0. The second-order valence-corrected chi connectivity index (χ2v) is 5.52. The van der Waals surface area contributed by atoms with E-state index in [-0.39, 0.29) is 5.91 Å². The quantitative estimate of drug-likeness (QED) is 0.871. The van der Waals surface area contributed by atoms with Gasteiger partial charge in [0.05, 0.1) is 5.69 Å². The molecule has 1 saturated heterocycles. The molecule has 0 aromatic carbocycles. The van der Waals surface area contributed by atoms with Crippen LogP contribution in [0.4, 0.5) is 0 Å². The van der Waals surface area contributed by atoms with Gasteiger partial charge in [0, 0.05) is 13.1 Å². The van der Waals surface area contributed by atoms with E-state index in [9.17, 15) is 4.79 Å². The number of nitrogens with zero attached hydrogens (tertiary/aromatic N) is 3. The third-order valence-corrected chi connectivity index (χ3v) is 4.06. The fraction of sp³-hybridized carbons (Fsp3) is 0.750. The monoisotopic (exact) mass is 268 g/mol. The first kappa shape index (κ1) is 13.4. The average Bonchev–Trinajstić information content (AvgIpc) is 2.98. The zero-order valence-corrected chi connectivity index (χ0v) is 11.8. The van der Waals surface area contributed by atoms with E-state index < -0.39 is 0 Å². The maximum Gasteiger partial charge on any atom is 0.267 e. The number of amides is 1. The largest absolute Gasteiger partial charge is 0.338 e. The van der Waals surface area contributed by atoms with Crippen molar-refractivity contribution in [3.05, 3.63) is 10.6 Å². The molecule has 2 heterocycles. The van der Waals surface area contributed by atoms with E-state index in [4.69, 9.17) is 0 Å². The molecule has 0 bridgehead atoms. The second-order valence-electron chi connectivity index (χ2n) is 4.76. The Labute approximate surface area is 112 Å². The summed E-state index contributed by atoms with van der Waals surface area (Å²) in [6.07, 6.45) is 2.92. The molecule has 2 rings (SSSR count). The number of rotatable bonds is 5. The lowest BCUT2D eigenvalue weighted by Gasteiger charge is -2.15. The van der Waals surface area contributed by atoms with Crippen LogP contribution in [0.1, 0.15) is 35.1 Å². The van der Waals surface area contributed by atoms with Crippen molar-refractivity contribution in [3.63, 3.8) is 0 Å². The fourth-order valence-corrected chi connectivity index (χ4v) is 3.06. The lowest BCUT2D eigenvalue weighted by atomic mass is 10.1. The number of likely N-dealkylation sites (tertiary alicyclic amines) is 1. The molecule has 0 saturated carbocycles. The van der Waals surface area contributed by atoms with Gasteiger partial charge in [0.25, 0.3) is 5.91 Å². The van der Waals surface area contributed by atoms with Gasteiger partial charge in [-0.3, -0.25) is 4.79 Å². The normalized spacial score (nSPS) is 19.4. The molecule has 1 atom stereocenters. The summed E-state index contributed by atoms with van der Waals surface area (Å²) in [5.41, 5.74) is 0.865. The van der Waals surface area contributed by atoms with Crippen molar-refractivity contribution in [3.8, 4) is 0 Å². The van der Waals surface area contributed by atoms with Crippen molar-refractivity contribution < 1.29 is 4.79 Å². The number of hydrogen-bond acceptors (Lipinski definition) is 5. The van der Waals surface area contributed by atoms with Crippen LogP contribution in [-0.2, 0) is 6.42 Å². The molecule has 1 amide bonds. The molecule has 0 radical (unpaired) electrons. The fourth-order valence-electron chi connectivity index (χ4n) is 2.39. The summed E-state index contributed by atoms with van der Waals surface area (Å²) in [6, 6.07) is 0. The Morgan fingerprint density at radius 3 is 3.17 bits per heavy atom. The van der Waals surface area contributed by atoms with Crippen LogP contribution in [0.25, 0.3) is 0 Å². The molecular weight excluding hydrogens is 248 g/mol. The van der Waals surface area contributed by atoms with E-state index in [1.807, 2.05) is 11.9 Å². The number of aryl methyl sites for hydroxylation is 1. The van der Waals surface area contributed by atoms with Crippen molar-refractivity contribution in [2.75, 3.05) is 26.7 Å². The highest BCUT2D eigenvalue weighted by Crippen LogP contribution is 2.21. The Hall–Kier alpha value is -1.01. The molecule has 1 aromatic heterocycles. The molecule has 18 heavy (non-hydrogen) atoms. The lowest BCUT2D eigenvalue weighted by molar-refractivity contribution is 0.0790. The van der Waals surface area contributed by atoms with Gasteiger partial charge in [-0.2, -0.15) is 0 Å². The van der Waals surface area contributed by atoms with E-state index in [0.29, 0.717) is 5.92 Å². The predicted molar refractivity (Wildman–Crippen MR) is 71.8 cm³/mol. The standard InChI is InChI=1S/C12H20N4OS/c1-3-4-10-11(18-15-14-10)12(17)16-6-5-9(8-16)7-13-2/h9,13H,3-8H2,1-2H3. The summed E-state index contributed by atoms with van der Waals surface area (Å²) >= 11 is 1.23. The molecule has 1 fully saturated rings. The number of nitrogens with one attached hydrogen (secondary N) is 1. The van der Waals surface area contributed by atoms with Gasteiger partial charge < -0.3 is 10.2 Å². The van der Waals surface area contributed by atoms with Gasteiger partial charge in [0.2, 0.25) is 0 Å². The summed E-state index contributed by atoms with van der Waals surface area (Å²) in [4.78, 5) is 15.1. The first-order valence-electron chi connectivity index (χ1n) is 6.51. The van der Waals surface area contributed by atoms with Crippen LogP contribution < -0.4 is 5.32 Å². The third-order valence-electron chi connectivity index (χ3n) is 3.30. The predicted octanol–water partition coefficient (Wildman–Crippen LogP) is 1.17. The molecule has 100 valence electrons. The van der Waals surface area contributed by atoms with E-state index >= 15 is 0 Å². The number of hydrogen-bond donors (Lipinski definition) is 1. The molecule has 6 heteroatoms. The first-order chi connectivity index (χ1) is 8.76. The molecule has 1 unspecified atom stereocenters. The smallest absolute Gasteiger partial charge is 0.267 e. The Morgan fingerprint density at radius 1 is 1.61 bits per heavy atom. The Bertz CT molecular complexity index is 407. The van der Waals surface area contributed by atoms with Gasteiger partial charge in [0.1, 0.15) is 4.88 Å². The van der Waals surface area contributed by atoms with Crippen molar-refractivity contribution in [1.29, 1.82) is 0 Å². The highest BCUT2D eigenvalue weighted by atomic mass is 32.1. The average molecular weight is 268 g/mol. The van der Waals surface area contributed by atoms with E-state index in [1.54, 1.807) is 0 Å². The molecule has 1 aliphatic heterocycles. The van der Waals surface area contributed by atoms with Gasteiger partial charge in [-0.15, -0.1) is 5.10 Å².